The Morgan fingerprint density at radius 3 is 2.38 bits per heavy atom. The van der Waals surface area contributed by atoms with Gasteiger partial charge in [-0.05, 0) is 18.2 Å². The normalized spacial score (nSPS) is 27.8. The molecule has 0 bridgehead atoms. The van der Waals surface area contributed by atoms with E-state index in [1.54, 1.807) is 18.2 Å². The lowest BCUT2D eigenvalue weighted by Gasteiger charge is -2.19. The molecule has 6 N–H and O–H groups in total. The number of ether oxygens (including phenoxy) is 2. The van der Waals surface area contributed by atoms with Crippen LogP contribution in [0.25, 0.3) is 10.2 Å². The SMILES string of the molecule is COc1ccc2nc([C@@H]3O[C@H](COP(=O)(O)OP(=O)(O)OP(=O)(O)O)[C@@H](O)[C@H]3O)sc2c1. The van der Waals surface area contributed by atoms with E-state index in [9.17, 15) is 28.8 Å². The predicted octanol–water partition coefficient (Wildman–Crippen LogP) is 0.810. The van der Waals surface area contributed by atoms with Gasteiger partial charge in [-0.2, -0.15) is 8.62 Å². The van der Waals surface area contributed by atoms with Crippen molar-refractivity contribution in [2.24, 2.45) is 0 Å². The van der Waals surface area contributed by atoms with E-state index < -0.39 is 54.5 Å². The molecule has 1 aromatic heterocycles. The number of benzene rings is 1. The van der Waals surface area contributed by atoms with Gasteiger partial charge in [0.15, 0.2) is 0 Å². The van der Waals surface area contributed by atoms with Crippen molar-refractivity contribution >= 4 is 45.0 Å². The average Bonchev–Trinajstić information content (AvgIpc) is 3.18. The summed E-state index contributed by atoms with van der Waals surface area (Å²) in [5.74, 6) is 0.578. The highest BCUT2D eigenvalue weighted by atomic mass is 32.1. The molecule has 2 heterocycles. The van der Waals surface area contributed by atoms with Crippen LogP contribution in [0.5, 0.6) is 5.75 Å². The molecule has 0 spiro atoms. The Bertz CT molecular complexity index is 1120. The van der Waals surface area contributed by atoms with E-state index in [-0.39, 0.29) is 0 Å². The van der Waals surface area contributed by atoms with Crippen molar-refractivity contribution in [3.63, 3.8) is 0 Å². The third kappa shape index (κ3) is 6.41. The molecular formula is C13H18NO14P3S. The van der Waals surface area contributed by atoms with Gasteiger partial charge in [0.05, 0.1) is 23.9 Å². The number of phosphoric acid groups is 3. The number of thiazole rings is 1. The summed E-state index contributed by atoms with van der Waals surface area (Å²) in [6.07, 6.45) is -5.61. The third-order valence-electron chi connectivity index (χ3n) is 4.04. The van der Waals surface area contributed by atoms with Crippen LogP contribution in [0.4, 0.5) is 0 Å². The Labute approximate surface area is 183 Å². The molecule has 2 unspecified atom stereocenters. The van der Waals surface area contributed by atoms with Crippen molar-refractivity contribution in [2.45, 2.75) is 24.4 Å². The van der Waals surface area contributed by atoms with Gasteiger partial charge in [0.1, 0.15) is 35.2 Å². The first kappa shape index (κ1) is 25.8. The third-order valence-corrected chi connectivity index (χ3v) is 8.92. The lowest BCUT2D eigenvalue weighted by molar-refractivity contribution is -0.0222. The van der Waals surface area contributed by atoms with Crippen molar-refractivity contribution in [2.75, 3.05) is 13.7 Å². The zero-order valence-corrected chi connectivity index (χ0v) is 19.4. The second-order valence-corrected chi connectivity index (χ2v) is 11.8. The number of rotatable bonds is 9. The fourth-order valence-electron chi connectivity index (χ4n) is 2.73. The summed E-state index contributed by atoms with van der Waals surface area (Å²) >= 11 is 1.15. The molecule has 0 amide bonds. The summed E-state index contributed by atoms with van der Waals surface area (Å²) in [4.78, 5) is 40.0. The summed E-state index contributed by atoms with van der Waals surface area (Å²) in [6, 6.07) is 5.07. The van der Waals surface area contributed by atoms with Gasteiger partial charge in [-0.15, -0.1) is 11.3 Å². The van der Waals surface area contributed by atoms with Gasteiger partial charge in [0.2, 0.25) is 0 Å². The highest BCUT2D eigenvalue weighted by Crippen LogP contribution is 2.66. The van der Waals surface area contributed by atoms with E-state index in [0.717, 1.165) is 11.3 Å². The molecule has 1 fully saturated rings. The van der Waals surface area contributed by atoms with Crippen molar-refractivity contribution < 1.29 is 66.1 Å². The van der Waals surface area contributed by atoms with Gasteiger partial charge in [0, 0.05) is 0 Å². The average molecular weight is 537 g/mol. The van der Waals surface area contributed by atoms with Crippen LogP contribution in [-0.2, 0) is 31.6 Å². The minimum Gasteiger partial charge on any atom is -0.497 e. The zero-order chi connectivity index (χ0) is 23.9. The highest BCUT2D eigenvalue weighted by molar-refractivity contribution is 7.66. The Morgan fingerprint density at radius 2 is 1.75 bits per heavy atom. The Hall–Kier alpha value is -0.800. The van der Waals surface area contributed by atoms with E-state index >= 15 is 0 Å². The summed E-state index contributed by atoms with van der Waals surface area (Å²) in [5, 5.41) is 20.8. The van der Waals surface area contributed by atoms with Crippen LogP contribution in [0.2, 0.25) is 0 Å². The Morgan fingerprint density at radius 1 is 1.06 bits per heavy atom. The van der Waals surface area contributed by atoms with Crippen LogP contribution in [0, 0.1) is 0 Å². The minimum atomic E-state index is -5.68. The molecule has 6 atom stereocenters. The first-order valence-corrected chi connectivity index (χ1v) is 13.8. The molecule has 0 radical (unpaired) electrons. The predicted molar refractivity (Wildman–Crippen MR) is 106 cm³/mol. The zero-order valence-electron chi connectivity index (χ0n) is 15.9. The van der Waals surface area contributed by atoms with E-state index in [1.165, 1.54) is 7.11 Å². The van der Waals surface area contributed by atoms with Crippen molar-refractivity contribution in [1.82, 2.24) is 4.98 Å². The number of nitrogens with zero attached hydrogens (tertiary/aromatic N) is 1. The molecule has 32 heavy (non-hydrogen) atoms. The Balaban J connectivity index is 1.67. The van der Waals surface area contributed by atoms with E-state index in [1.807, 2.05) is 0 Å². The summed E-state index contributed by atoms with van der Waals surface area (Å²) in [5.41, 5.74) is 0.577. The number of hydrogen-bond acceptors (Lipinski definition) is 12. The van der Waals surface area contributed by atoms with Gasteiger partial charge in [0.25, 0.3) is 0 Å². The molecule has 1 aliphatic heterocycles. The molecule has 0 saturated carbocycles. The number of methoxy groups -OCH3 is 1. The van der Waals surface area contributed by atoms with Crippen LogP contribution in [0.15, 0.2) is 18.2 Å². The van der Waals surface area contributed by atoms with Crippen molar-refractivity contribution in [3.8, 4) is 5.75 Å². The van der Waals surface area contributed by atoms with Crippen LogP contribution in [0.3, 0.4) is 0 Å². The van der Waals surface area contributed by atoms with Crippen molar-refractivity contribution in [3.05, 3.63) is 23.2 Å². The molecule has 15 nitrogen and oxygen atoms in total. The second-order valence-electron chi connectivity index (χ2n) is 6.35. The van der Waals surface area contributed by atoms with E-state index in [0.29, 0.717) is 21.0 Å². The molecular weight excluding hydrogens is 519 g/mol. The second kappa shape index (κ2) is 9.45. The van der Waals surface area contributed by atoms with Crippen LogP contribution < -0.4 is 4.74 Å². The summed E-state index contributed by atoms with van der Waals surface area (Å²) < 4.78 is 56.7. The smallest absolute Gasteiger partial charge is 0.490 e. The quantitative estimate of drug-likeness (QED) is 0.243. The molecule has 1 aliphatic rings. The molecule has 3 rings (SSSR count). The van der Waals surface area contributed by atoms with Gasteiger partial charge in [-0.25, -0.2) is 18.7 Å². The Kier molecular flexibility index (Phi) is 7.62. The standard InChI is InChI=1S/C13H18NO14P3S/c1-24-6-2-3-7-9(4-6)32-13(14-7)12-11(16)10(15)8(26-12)5-25-30(20,21)28-31(22,23)27-29(17,18)19/h2-4,8,10-12,15-16H,5H2,1H3,(H,20,21)(H,22,23)(H2,17,18,19)/t8-,10-,11-,12-/m1/s1. The van der Waals surface area contributed by atoms with Gasteiger partial charge >= 0.3 is 23.5 Å². The topological polar surface area (TPSA) is 232 Å². The number of hydrogen-bond donors (Lipinski definition) is 6. The van der Waals surface area contributed by atoms with E-state index in [2.05, 4.69) is 18.1 Å². The number of aromatic nitrogens is 1. The number of phosphoric ester groups is 1. The lowest BCUT2D eigenvalue weighted by Crippen LogP contribution is -2.33. The minimum absolute atomic E-state index is 0.292. The number of aliphatic hydroxyl groups excluding tert-OH is 2. The van der Waals surface area contributed by atoms with Gasteiger partial charge in [-0.1, -0.05) is 0 Å². The first-order chi connectivity index (χ1) is 14.7. The maximum Gasteiger partial charge on any atom is 0.490 e. The highest BCUT2D eigenvalue weighted by Gasteiger charge is 2.47. The first-order valence-electron chi connectivity index (χ1n) is 8.44. The fourth-order valence-corrected chi connectivity index (χ4v) is 6.84. The van der Waals surface area contributed by atoms with Crippen LogP contribution in [-0.4, -0.2) is 66.8 Å². The number of fused-ring (bicyclic) bond motifs is 1. The van der Waals surface area contributed by atoms with Crippen molar-refractivity contribution in [1.29, 1.82) is 0 Å². The molecule has 180 valence electrons. The maximum absolute atomic E-state index is 11.8. The number of aliphatic hydroxyl groups is 2. The lowest BCUT2D eigenvalue weighted by atomic mass is 10.1. The molecule has 1 aromatic carbocycles. The molecule has 19 heteroatoms. The largest absolute Gasteiger partial charge is 0.497 e. The van der Waals surface area contributed by atoms with E-state index in [4.69, 9.17) is 24.2 Å². The van der Waals surface area contributed by atoms with Gasteiger partial charge < -0.3 is 39.3 Å². The van der Waals surface area contributed by atoms with Crippen LogP contribution >= 0.6 is 34.8 Å². The monoisotopic (exact) mass is 537 g/mol. The summed E-state index contributed by atoms with van der Waals surface area (Å²) in [6.45, 7) is -0.906. The van der Waals surface area contributed by atoms with Gasteiger partial charge in [-0.3, -0.25) is 4.52 Å². The van der Waals surface area contributed by atoms with Crippen LogP contribution in [0.1, 0.15) is 11.1 Å². The molecule has 0 aliphatic carbocycles. The molecule has 1 saturated heterocycles. The maximum atomic E-state index is 11.8. The summed E-state index contributed by atoms with van der Waals surface area (Å²) in [7, 11) is -15.1. The fraction of sp³-hybridized carbons (Fsp3) is 0.462. The molecule has 2 aromatic rings.